The van der Waals surface area contributed by atoms with Crippen molar-refractivity contribution in [2.75, 3.05) is 0 Å². The molecule has 10 heavy (non-hydrogen) atoms. The van der Waals surface area contributed by atoms with Crippen LogP contribution in [0.5, 0.6) is 0 Å². The minimum atomic E-state index is 0.483. The first-order valence-corrected chi connectivity index (χ1v) is 4.44. The van der Waals surface area contributed by atoms with E-state index in [4.69, 9.17) is 5.73 Å². The first kappa shape index (κ1) is 8.06. The van der Waals surface area contributed by atoms with Crippen molar-refractivity contribution in [3.05, 3.63) is 0 Å². The second kappa shape index (κ2) is 2.91. The van der Waals surface area contributed by atoms with E-state index in [1.54, 1.807) is 0 Å². The summed E-state index contributed by atoms with van der Waals surface area (Å²) in [6.07, 6.45) is 2.68. The molecular weight excluding hydrogens is 122 g/mol. The Hall–Kier alpha value is -0.0400. The van der Waals surface area contributed by atoms with Crippen LogP contribution in [0.3, 0.4) is 0 Å². The van der Waals surface area contributed by atoms with E-state index in [1.165, 1.54) is 12.8 Å². The van der Waals surface area contributed by atoms with Gasteiger partial charge in [-0.05, 0) is 17.8 Å². The Bertz CT molecular complexity index is 101. The van der Waals surface area contributed by atoms with Gasteiger partial charge in [-0.25, -0.2) is 0 Å². The van der Waals surface area contributed by atoms with Crippen LogP contribution in [0.4, 0.5) is 0 Å². The average molecular weight is 141 g/mol. The van der Waals surface area contributed by atoms with E-state index in [-0.39, 0.29) is 0 Å². The lowest BCUT2D eigenvalue weighted by Gasteiger charge is -2.47. The van der Waals surface area contributed by atoms with Gasteiger partial charge in [0.15, 0.2) is 0 Å². The quantitative estimate of drug-likeness (QED) is 0.625. The first-order chi connectivity index (χ1) is 4.68. The summed E-state index contributed by atoms with van der Waals surface area (Å²) in [6.45, 7) is 6.82. The van der Waals surface area contributed by atoms with Gasteiger partial charge in [-0.3, -0.25) is 0 Å². The molecule has 1 heteroatoms. The van der Waals surface area contributed by atoms with Gasteiger partial charge in [-0.2, -0.15) is 0 Å². The van der Waals surface area contributed by atoms with Crippen molar-refractivity contribution in [2.45, 2.75) is 39.7 Å². The second-order valence-corrected chi connectivity index (χ2v) is 3.75. The zero-order valence-corrected chi connectivity index (χ0v) is 7.30. The predicted molar refractivity (Wildman–Crippen MR) is 44.7 cm³/mol. The number of hydrogen-bond acceptors (Lipinski definition) is 1. The zero-order chi connectivity index (χ0) is 7.72. The highest BCUT2D eigenvalue weighted by molar-refractivity contribution is 4.94. The van der Waals surface area contributed by atoms with Crippen LogP contribution in [-0.2, 0) is 0 Å². The Balaban J connectivity index is 2.34. The van der Waals surface area contributed by atoms with E-state index in [9.17, 15) is 0 Å². The maximum absolute atomic E-state index is 5.89. The third-order valence-corrected chi connectivity index (χ3v) is 3.19. The summed E-state index contributed by atoms with van der Waals surface area (Å²) in [5.41, 5.74) is 5.89. The van der Waals surface area contributed by atoms with Crippen molar-refractivity contribution >= 4 is 0 Å². The molecule has 0 radical (unpaired) electrons. The number of hydrogen-bond donors (Lipinski definition) is 1. The van der Waals surface area contributed by atoms with Crippen LogP contribution in [0.15, 0.2) is 0 Å². The van der Waals surface area contributed by atoms with Gasteiger partial charge in [0.1, 0.15) is 0 Å². The van der Waals surface area contributed by atoms with Crippen LogP contribution in [0.1, 0.15) is 33.6 Å². The minimum Gasteiger partial charge on any atom is -0.327 e. The molecule has 0 bridgehead atoms. The predicted octanol–water partition coefficient (Wildman–Crippen LogP) is 2.02. The summed E-state index contributed by atoms with van der Waals surface area (Å²) in [4.78, 5) is 0. The lowest BCUT2D eigenvalue weighted by Crippen LogP contribution is -2.53. The Morgan fingerprint density at radius 2 is 1.70 bits per heavy atom. The monoisotopic (exact) mass is 141 g/mol. The van der Waals surface area contributed by atoms with Crippen molar-refractivity contribution in [2.24, 2.45) is 23.5 Å². The van der Waals surface area contributed by atoms with Gasteiger partial charge >= 0.3 is 0 Å². The molecule has 0 spiro atoms. The van der Waals surface area contributed by atoms with Crippen LogP contribution in [0.25, 0.3) is 0 Å². The van der Waals surface area contributed by atoms with E-state index >= 15 is 0 Å². The molecule has 1 fully saturated rings. The highest BCUT2D eigenvalue weighted by atomic mass is 14.7. The molecule has 0 aliphatic heterocycles. The molecule has 1 aliphatic carbocycles. The van der Waals surface area contributed by atoms with Crippen LogP contribution >= 0.6 is 0 Å². The summed E-state index contributed by atoms with van der Waals surface area (Å²) < 4.78 is 0. The molecule has 2 atom stereocenters. The molecule has 0 amide bonds. The van der Waals surface area contributed by atoms with E-state index in [0.29, 0.717) is 6.04 Å². The molecule has 0 aromatic rings. The van der Waals surface area contributed by atoms with Gasteiger partial charge in [-0.15, -0.1) is 0 Å². The molecule has 0 heterocycles. The van der Waals surface area contributed by atoms with Crippen molar-refractivity contribution in [3.8, 4) is 0 Å². The standard InChI is InChI=1S/C9H19N/c1-4-5-8-6(2)9(10)7(8)3/h6-9H,4-5,10H2,1-3H3. The minimum absolute atomic E-state index is 0.483. The maximum Gasteiger partial charge on any atom is 0.00958 e. The number of rotatable bonds is 2. The average Bonchev–Trinajstić information content (AvgIpc) is 1.98. The van der Waals surface area contributed by atoms with E-state index < -0.39 is 0 Å². The van der Waals surface area contributed by atoms with Crippen molar-refractivity contribution in [1.82, 2.24) is 0 Å². The summed E-state index contributed by atoms with van der Waals surface area (Å²) in [7, 11) is 0. The molecule has 2 N–H and O–H groups in total. The maximum atomic E-state index is 5.89. The van der Waals surface area contributed by atoms with E-state index in [1.807, 2.05) is 0 Å². The van der Waals surface area contributed by atoms with Gasteiger partial charge in [0, 0.05) is 6.04 Å². The van der Waals surface area contributed by atoms with E-state index in [0.717, 1.165) is 17.8 Å². The van der Waals surface area contributed by atoms with Gasteiger partial charge in [0.2, 0.25) is 0 Å². The Labute approximate surface area is 64.0 Å². The van der Waals surface area contributed by atoms with E-state index in [2.05, 4.69) is 20.8 Å². The van der Waals surface area contributed by atoms with Crippen LogP contribution in [0, 0.1) is 17.8 Å². The molecule has 60 valence electrons. The van der Waals surface area contributed by atoms with Crippen LogP contribution < -0.4 is 5.73 Å². The molecule has 0 saturated heterocycles. The van der Waals surface area contributed by atoms with Gasteiger partial charge in [-0.1, -0.05) is 33.6 Å². The van der Waals surface area contributed by atoms with Crippen LogP contribution in [-0.4, -0.2) is 6.04 Å². The van der Waals surface area contributed by atoms with Crippen molar-refractivity contribution in [1.29, 1.82) is 0 Å². The molecule has 1 nitrogen and oxygen atoms in total. The third-order valence-electron chi connectivity index (χ3n) is 3.19. The van der Waals surface area contributed by atoms with Crippen molar-refractivity contribution in [3.63, 3.8) is 0 Å². The van der Waals surface area contributed by atoms with Crippen LogP contribution in [0.2, 0.25) is 0 Å². The molecule has 0 aromatic carbocycles. The molecule has 1 rings (SSSR count). The third kappa shape index (κ3) is 1.07. The second-order valence-electron chi connectivity index (χ2n) is 3.75. The lowest BCUT2D eigenvalue weighted by atomic mass is 9.61. The Kier molecular flexibility index (Phi) is 2.35. The molecule has 0 aromatic heterocycles. The zero-order valence-electron chi connectivity index (χ0n) is 7.30. The number of nitrogens with two attached hydrogens (primary N) is 1. The summed E-state index contributed by atoms with van der Waals surface area (Å²) in [5, 5.41) is 0. The molecule has 2 unspecified atom stereocenters. The largest absolute Gasteiger partial charge is 0.327 e. The normalized spacial score (nSPS) is 46.8. The highest BCUT2D eigenvalue weighted by Crippen LogP contribution is 2.41. The van der Waals surface area contributed by atoms with Gasteiger partial charge in [0.05, 0.1) is 0 Å². The topological polar surface area (TPSA) is 26.0 Å². The summed E-state index contributed by atoms with van der Waals surface area (Å²) in [6, 6.07) is 0.483. The fourth-order valence-corrected chi connectivity index (χ4v) is 2.24. The highest BCUT2D eigenvalue weighted by Gasteiger charge is 2.41. The Morgan fingerprint density at radius 3 is 2.10 bits per heavy atom. The van der Waals surface area contributed by atoms with Gasteiger partial charge < -0.3 is 5.73 Å². The first-order valence-electron chi connectivity index (χ1n) is 4.44. The molecule has 1 saturated carbocycles. The molecular formula is C9H19N. The van der Waals surface area contributed by atoms with Crippen molar-refractivity contribution < 1.29 is 0 Å². The summed E-state index contributed by atoms with van der Waals surface area (Å²) in [5.74, 6) is 2.46. The van der Waals surface area contributed by atoms with Gasteiger partial charge in [0.25, 0.3) is 0 Å². The lowest BCUT2D eigenvalue weighted by molar-refractivity contribution is 0.0559. The SMILES string of the molecule is CCCC1C(C)C(N)C1C. The molecule has 1 aliphatic rings. The Morgan fingerprint density at radius 1 is 1.20 bits per heavy atom. The summed E-state index contributed by atoms with van der Waals surface area (Å²) >= 11 is 0. The fraction of sp³-hybridized carbons (Fsp3) is 1.00. The fourth-order valence-electron chi connectivity index (χ4n) is 2.24. The smallest absolute Gasteiger partial charge is 0.00958 e.